The number of esters is 2. The Hall–Kier alpha value is -4.22. The van der Waals surface area contributed by atoms with Crippen LogP contribution in [0.4, 0.5) is 0 Å². The van der Waals surface area contributed by atoms with Gasteiger partial charge in [-0.05, 0) is 66.8 Å². The lowest BCUT2D eigenvalue weighted by Gasteiger charge is -2.45. The van der Waals surface area contributed by atoms with Crippen molar-refractivity contribution in [3.63, 3.8) is 0 Å². The Labute approximate surface area is 369 Å². The summed E-state index contributed by atoms with van der Waals surface area (Å²) in [6.45, 7) is 7.49. The molecule has 1 aliphatic heterocycles. The van der Waals surface area contributed by atoms with Crippen molar-refractivity contribution >= 4 is 23.7 Å². The summed E-state index contributed by atoms with van der Waals surface area (Å²) in [5.41, 5.74) is 9.82. The van der Waals surface area contributed by atoms with E-state index in [9.17, 15) is 15.1 Å². The molecule has 16 heteroatoms. The third-order valence-electron chi connectivity index (χ3n) is 9.80. The van der Waals surface area contributed by atoms with E-state index >= 15 is 0 Å². The van der Waals surface area contributed by atoms with Gasteiger partial charge in [0.25, 0.3) is 0 Å². The lowest BCUT2D eigenvalue weighted by Crippen LogP contribution is -2.63. The lowest BCUT2D eigenvalue weighted by molar-refractivity contribution is -0.286. The zero-order valence-electron chi connectivity index (χ0n) is 36.5. The van der Waals surface area contributed by atoms with E-state index in [-0.39, 0.29) is 33.0 Å². The molecule has 1 aliphatic rings. The standard InChI is InChI=1S/C46H63N3O12S/c1-6-9-26-54-31-37(57-30-33-22-24-35(52-4)25-23-33)38(32-55-27-10-7-2)58-39(29-48-49-47)59-41-40(56-28-11-8-3)43(60-44(50)34-18-14-12-15-19-34)46(61-42(41)45(51)53-5)62-36-20-16-13-17-21-36/h12-25,37-43,46H,6-11,26-32H2,1-5H3/t37-,38?,39+,40?,41-,42?,43?,46+/m0/s1. The highest BCUT2D eigenvalue weighted by atomic mass is 32.2. The molecular formula is C46H63N3O12S. The van der Waals surface area contributed by atoms with Crippen molar-refractivity contribution in [2.45, 2.75) is 119 Å². The van der Waals surface area contributed by atoms with Crippen molar-refractivity contribution in [2.24, 2.45) is 5.11 Å². The molecule has 1 heterocycles. The minimum atomic E-state index is -1.39. The van der Waals surface area contributed by atoms with Crippen LogP contribution in [0.3, 0.4) is 0 Å². The molecule has 0 radical (unpaired) electrons. The molecule has 0 aliphatic carbocycles. The highest BCUT2D eigenvalue weighted by molar-refractivity contribution is 7.99. The van der Waals surface area contributed by atoms with Gasteiger partial charge in [-0.3, -0.25) is 0 Å². The van der Waals surface area contributed by atoms with Gasteiger partial charge in [0.05, 0.1) is 46.1 Å². The fraction of sp³-hybridized carbons (Fsp3) is 0.565. The molecule has 0 N–H and O–H groups in total. The molecule has 3 aromatic carbocycles. The highest BCUT2D eigenvalue weighted by Crippen LogP contribution is 2.38. The molecule has 4 rings (SSSR count). The van der Waals surface area contributed by atoms with Crippen LogP contribution in [-0.2, 0) is 54.0 Å². The second-order valence-corrected chi connectivity index (χ2v) is 15.6. The van der Waals surface area contributed by atoms with E-state index in [0.29, 0.717) is 30.9 Å². The first kappa shape index (κ1) is 50.4. The first-order valence-corrected chi connectivity index (χ1v) is 22.3. The number of ether oxygens (including phenoxy) is 10. The second kappa shape index (κ2) is 29.2. The topological polar surface area (TPSA) is 175 Å². The van der Waals surface area contributed by atoms with Crippen LogP contribution < -0.4 is 4.74 Å². The molecule has 62 heavy (non-hydrogen) atoms. The van der Waals surface area contributed by atoms with Crippen molar-refractivity contribution in [2.75, 3.05) is 53.8 Å². The van der Waals surface area contributed by atoms with Gasteiger partial charge < -0.3 is 47.4 Å². The van der Waals surface area contributed by atoms with E-state index in [4.69, 9.17) is 47.4 Å². The van der Waals surface area contributed by atoms with E-state index in [1.807, 2.05) is 61.5 Å². The summed E-state index contributed by atoms with van der Waals surface area (Å²) in [5.74, 6) is -0.659. The molecule has 0 bridgehead atoms. The zero-order valence-corrected chi connectivity index (χ0v) is 37.4. The molecular weight excluding hydrogens is 819 g/mol. The Balaban J connectivity index is 1.75. The van der Waals surface area contributed by atoms with E-state index in [1.165, 1.54) is 18.9 Å². The molecule has 0 amide bonds. The van der Waals surface area contributed by atoms with Gasteiger partial charge in [-0.15, -0.1) is 0 Å². The van der Waals surface area contributed by atoms with Crippen LogP contribution >= 0.6 is 11.8 Å². The van der Waals surface area contributed by atoms with E-state index in [1.54, 1.807) is 37.4 Å². The average molecular weight is 882 g/mol. The van der Waals surface area contributed by atoms with Crippen LogP contribution in [-0.4, -0.2) is 114 Å². The van der Waals surface area contributed by atoms with E-state index in [2.05, 4.69) is 23.9 Å². The number of benzene rings is 3. The molecule has 1 saturated heterocycles. The summed E-state index contributed by atoms with van der Waals surface area (Å²) in [6, 6.07) is 25.5. The monoisotopic (exact) mass is 881 g/mol. The van der Waals surface area contributed by atoms with Gasteiger partial charge in [0.2, 0.25) is 0 Å². The summed E-state index contributed by atoms with van der Waals surface area (Å²) in [6.07, 6.45) is -2.73. The largest absolute Gasteiger partial charge is 0.497 e. The number of carbonyl (C=O) groups excluding carboxylic acids is 2. The fourth-order valence-corrected chi connectivity index (χ4v) is 7.45. The number of rotatable bonds is 30. The maximum atomic E-state index is 13.8. The number of azide groups is 1. The van der Waals surface area contributed by atoms with E-state index < -0.39 is 60.3 Å². The van der Waals surface area contributed by atoms with Crippen LogP contribution in [0.2, 0.25) is 0 Å². The van der Waals surface area contributed by atoms with Crippen LogP contribution in [0.25, 0.3) is 10.4 Å². The zero-order chi connectivity index (χ0) is 44.4. The summed E-state index contributed by atoms with van der Waals surface area (Å²) in [7, 11) is 2.85. The van der Waals surface area contributed by atoms with Gasteiger partial charge in [-0.1, -0.05) is 105 Å². The van der Waals surface area contributed by atoms with Crippen molar-refractivity contribution in [1.82, 2.24) is 0 Å². The lowest BCUT2D eigenvalue weighted by atomic mass is 9.98. The predicted molar refractivity (Wildman–Crippen MR) is 234 cm³/mol. The Bertz CT molecular complexity index is 1740. The van der Waals surface area contributed by atoms with Gasteiger partial charge in [0.1, 0.15) is 35.6 Å². The average Bonchev–Trinajstić information content (AvgIpc) is 3.30. The molecule has 8 atom stereocenters. The minimum absolute atomic E-state index is 0.0751. The Kier molecular flexibility index (Phi) is 23.8. The van der Waals surface area contributed by atoms with Crippen molar-refractivity contribution in [1.29, 1.82) is 0 Å². The summed E-state index contributed by atoms with van der Waals surface area (Å²) in [4.78, 5) is 31.4. The highest BCUT2D eigenvalue weighted by Gasteiger charge is 2.54. The molecule has 0 saturated carbocycles. The van der Waals surface area contributed by atoms with Gasteiger partial charge in [0.15, 0.2) is 18.5 Å². The number of hydrogen-bond donors (Lipinski definition) is 0. The Morgan fingerprint density at radius 2 is 1.42 bits per heavy atom. The fourth-order valence-electron chi connectivity index (χ4n) is 6.34. The van der Waals surface area contributed by atoms with Crippen molar-refractivity contribution in [3.8, 4) is 5.75 Å². The third kappa shape index (κ3) is 16.8. The number of thioether (sulfide) groups is 1. The van der Waals surface area contributed by atoms with Gasteiger partial charge in [0, 0.05) is 29.6 Å². The normalized spacial score (nSPS) is 20.0. The first-order chi connectivity index (χ1) is 30.3. The summed E-state index contributed by atoms with van der Waals surface area (Å²) < 4.78 is 62.2. The molecule has 340 valence electrons. The van der Waals surface area contributed by atoms with Crippen molar-refractivity contribution in [3.05, 3.63) is 106 Å². The minimum Gasteiger partial charge on any atom is -0.497 e. The first-order valence-electron chi connectivity index (χ1n) is 21.4. The molecule has 0 aromatic heterocycles. The molecule has 0 spiro atoms. The smallest absolute Gasteiger partial charge is 0.338 e. The Morgan fingerprint density at radius 1 is 0.790 bits per heavy atom. The Morgan fingerprint density at radius 3 is 2.03 bits per heavy atom. The van der Waals surface area contributed by atoms with Crippen molar-refractivity contribution < 1.29 is 57.0 Å². The summed E-state index contributed by atoms with van der Waals surface area (Å²) >= 11 is 1.27. The SMILES string of the molecule is CCCCOCC(O[C@@H](CN=[N+]=[N-])O[C@@H]1C(C(=O)OC)O[C@H](Sc2ccccc2)C(OC(=O)c2ccccc2)C1OCCCC)[C@H](COCCCC)OCc1ccc(OC)cc1. The van der Waals surface area contributed by atoms with Gasteiger partial charge in [-0.25, -0.2) is 9.59 Å². The van der Waals surface area contributed by atoms with E-state index in [0.717, 1.165) is 42.6 Å². The molecule has 3 aromatic rings. The van der Waals surface area contributed by atoms with Crippen LogP contribution in [0.5, 0.6) is 5.75 Å². The number of methoxy groups -OCH3 is 2. The van der Waals surface area contributed by atoms with Gasteiger partial charge >= 0.3 is 11.9 Å². The maximum absolute atomic E-state index is 13.8. The molecule has 15 nitrogen and oxygen atoms in total. The van der Waals surface area contributed by atoms with Crippen LogP contribution in [0.15, 0.2) is 94.9 Å². The summed E-state index contributed by atoms with van der Waals surface area (Å²) in [5, 5.41) is 3.84. The number of carbonyl (C=O) groups is 2. The quantitative estimate of drug-likeness (QED) is 0.0155. The molecule has 4 unspecified atom stereocenters. The van der Waals surface area contributed by atoms with Crippen LogP contribution in [0.1, 0.15) is 75.2 Å². The predicted octanol–water partition coefficient (Wildman–Crippen LogP) is 8.72. The number of hydrogen-bond acceptors (Lipinski definition) is 14. The molecule has 1 fully saturated rings. The van der Waals surface area contributed by atoms with Crippen LogP contribution in [0, 0.1) is 0 Å². The number of nitrogens with zero attached hydrogens (tertiary/aromatic N) is 3. The van der Waals surface area contributed by atoms with Gasteiger partial charge in [-0.2, -0.15) is 0 Å². The number of unbranched alkanes of at least 4 members (excludes halogenated alkanes) is 3. The second-order valence-electron chi connectivity index (χ2n) is 14.5. The maximum Gasteiger partial charge on any atom is 0.338 e. The third-order valence-corrected chi connectivity index (χ3v) is 11.0.